The summed E-state index contributed by atoms with van der Waals surface area (Å²) in [5, 5.41) is 15.2. The second-order valence-electron chi connectivity index (χ2n) is 5.37. The van der Waals surface area contributed by atoms with Gasteiger partial charge in [-0.1, -0.05) is 29.3 Å². The van der Waals surface area contributed by atoms with E-state index in [9.17, 15) is 4.79 Å². The quantitative estimate of drug-likeness (QED) is 0.458. The van der Waals surface area contributed by atoms with Gasteiger partial charge in [0.15, 0.2) is 5.82 Å². The molecular formula is C16H12Cl2N6O2. The van der Waals surface area contributed by atoms with Gasteiger partial charge >= 0.3 is 5.97 Å². The Kier molecular flexibility index (Phi) is 4.14. The lowest BCUT2D eigenvalue weighted by atomic mass is 10.0. The van der Waals surface area contributed by atoms with E-state index >= 15 is 0 Å². The van der Waals surface area contributed by atoms with Crippen LogP contribution in [0.1, 0.15) is 17.5 Å². The van der Waals surface area contributed by atoms with Gasteiger partial charge in [-0.15, -0.1) is 0 Å². The highest BCUT2D eigenvalue weighted by molar-refractivity contribution is 6.45. The van der Waals surface area contributed by atoms with E-state index in [0.29, 0.717) is 27.1 Å². The number of ether oxygens (including phenoxy) is 1. The third kappa shape index (κ3) is 2.63. The van der Waals surface area contributed by atoms with Crippen LogP contribution in [0.2, 0.25) is 10.0 Å². The lowest BCUT2D eigenvalue weighted by Crippen LogP contribution is -2.06. The minimum absolute atomic E-state index is 0.0165. The lowest BCUT2D eigenvalue weighted by molar-refractivity contribution is 0.0512. The van der Waals surface area contributed by atoms with E-state index in [4.69, 9.17) is 27.9 Å². The molecule has 4 rings (SSSR count). The number of carbonyl (C=O) groups is 1. The monoisotopic (exact) mass is 390 g/mol. The van der Waals surface area contributed by atoms with E-state index in [-0.39, 0.29) is 12.4 Å². The molecule has 0 saturated heterocycles. The number of esters is 1. The van der Waals surface area contributed by atoms with Gasteiger partial charge in [0, 0.05) is 22.7 Å². The standard InChI is InChI=1S/C16H12Cl2N6O2/c1-2-26-16(25)15-22-14(23-24-15)13-10(7-5-19-20-6-7)8-3-4-9(17)11(18)12(8)21-13/h3-6,21H,2H2,1H3,(H,19,20)(H,22,23,24). The first-order chi connectivity index (χ1) is 12.6. The molecule has 0 bridgehead atoms. The van der Waals surface area contributed by atoms with Gasteiger partial charge in [0.1, 0.15) is 0 Å². The smallest absolute Gasteiger partial charge is 0.375 e. The van der Waals surface area contributed by atoms with Gasteiger partial charge < -0.3 is 9.72 Å². The Hall–Kier alpha value is -2.84. The van der Waals surface area contributed by atoms with Gasteiger partial charge in [-0.25, -0.2) is 4.79 Å². The van der Waals surface area contributed by atoms with Crippen LogP contribution in [0, 0.1) is 0 Å². The summed E-state index contributed by atoms with van der Waals surface area (Å²) in [5.41, 5.74) is 2.83. The zero-order valence-corrected chi connectivity index (χ0v) is 14.9. The Balaban J connectivity index is 1.94. The van der Waals surface area contributed by atoms with Crippen molar-refractivity contribution in [2.45, 2.75) is 6.92 Å². The fraction of sp³-hybridized carbons (Fsp3) is 0.125. The molecule has 0 saturated carbocycles. The molecule has 3 aromatic heterocycles. The van der Waals surface area contributed by atoms with E-state index in [1.165, 1.54) is 0 Å². The van der Waals surface area contributed by atoms with Crippen molar-refractivity contribution >= 4 is 40.1 Å². The Labute approximate surface area is 156 Å². The van der Waals surface area contributed by atoms with Crippen LogP contribution >= 0.6 is 23.2 Å². The third-order valence-corrected chi connectivity index (χ3v) is 4.63. The predicted octanol–water partition coefficient (Wildman–Crippen LogP) is 3.83. The fourth-order valence-electron chi connectivity index (χ4n) is 2.72. The molecule has 0 amide bonds. The molecule has 0 radical (unpaired) electrons. The highest BCUT2D eigenvalue weighted by Gasteiger charge is 2.22. The third-order valence-electron chi connectivity index (χ3n) is 3.83. The second kappa shape index (κ2) is 6.47. The number of fused-ring (bicyclic) bond motifs is 1. The van der Waals surface area contributed by atoms with Crippen molar-refractivity contribution in [1.29, 1.82) is 0 Å². The van der Waals surface area contributed by atoms with Gasteiger partial charge in [-0.05, 0) is 13.0 Å². The Bertz CT molecular complexity index is 1100. The number of hydrogen-bond acceptors (Lipinski definition) is 5. The number of aromatic amines is 3. The van der Waals surface area contributed by atoms with Crippen LogP contribution in [-0.4, -0.2) is 42.9 Å². The molecule has 10 heteroatoms. The molecule has 0 aliphatic carbocycles. The van der Waals surface area contributed by atoms with Crippen molar-refractivity contribution in [3.8, 4) is 22.6 Å². The van der Waals surface area contributed by atoms with Crippen LogP contribution in [-0.2, 0) is 4.74 Å². The molecular weight excluding hydrogens is 379 g/mol. The average Bonchev–Trinajstić information content (AvgIpc) is 3.36. The number of benzene rings is 1. The van der Waals surface area contributed by atoms with Crippen LogP contribution in [0.15, 0.2) is 24.5 Å². The first-order valence-corrected chi connectivity index (χ1v) is 8.44. The van der Waals surface area contributed by atoms with Gasteiger partial charge in [0.2, 0.25) is 5.82 Å². The summed E-state index contributed by atoms with van der Waals surface area (Å²) >= 11 is 12.5. The molecule has 0 fully saturated rings. The summed E-state index contributed by atoms with van der Waals surface area (Å²) in [7, 11) is 0. The molecule has 3 heterocycles. The van der Waals surface area contributed by atoms with Crippen molar-refractivity contribution in [1.82, 2.24) is 30.4 Å². The fourth-order valence-corrected chi connectivity index (χ4v) is 3.09. The number of carbonyl (C=O) groups excluding carboxylic acids is 1. The summed E-state index contributed by atoms with van der Waals surface area (Å²) in [5.74, 6) is -0.260. The molecule has 26 heavy (non-hydrogen) atoms. The largest absolute Gasteiger partial charge is 0.460 e. The van der Waals surface area contributed by atoms with E-state index in [1.54, 1.807) is 25.4 Å². The second-order valence-corrected chi connectivity index (χ2v) is 6.16. The maximum Gasteiger partial charge on any atom is 0.375 e. The summed E-state index contributed by atoms with van der Waals surface area (Å²) in [6, 6.07) is 3.57. The summed E-state index contributed by atoms with van der Waals surface area (Å²) in [6.45, 7) is 1.96. The number of halogens is 2. The number of H-pyrrole nitrogens is 3. The maximum absolute atomic E-state index is 11.9. The van der Waals surface area contributed by atoms with Gasteiger partial charge in [-0.2, -0.15) is 15.2 Å². The molecule has 4 aromatic rings. The van der Waals surface area contributed by atoms with Crippen molar-refractivity contribution in [2.24, 2.45) is 0 Å². The topological polar surface area (TPSA) is 112 Å². The van der Waals surface area contributed by atoms with Gasteiger partial charge in [0.25, 0.3) is 0 Å². The van der Waals surface area contributed by atoms with Crippen LogP contribution in [0.4, 0.5) is 0 Å². The van der Waals surface area contributed by atoms with Crippen LogP contribution in [0.3, 0.4) is 0 Å². The van der Waals surface area contributed by atoms with Crippen molar-refractivity contribution in [3.63, 3.8) is 0 Å². The number of nitrogens with zero attached hydrogens (tertiary/aromatic N) is 3. The highest BCUT2D eigenvalue weighted by atomic mass is 35.5. The normalized spacial score (nSPS) is 11.2. The molecule has 1 aromatic carbocycles. The summed E-state index contributed by atoms with van der Waals surface area (Å²) < 4.78 is 4.94. The molecule has 0 unspecified atom stereocenters. The average molecular weight is 391 g/mol. The SMILES string of the molecule is CCOC(=O)c1nc(-c2[nH]c3c(Cl)c(Cl)ccc3c2-c2cn[nH]c2)n[nH]1. The van der Waals surface area contributed by atoms with Crippen LogP contribution in [0.25, 0.3) is 33.5 Å². The van der Waals surface area contributed by atoms with Crippen molar-refractivity contribution < 1.29 is 9.53 Å². The number of aromatic nitrogens is 6. The van der Waals surface area contributed by atoms with E-state index in [0.717, 1.165) is 16.5 Å². The molecule has 0 atom stereocenters. The lowest BCUT2D eigenvalue weighted by Gasteiger charge is -1.99. The zero-order valence-electron chi connectivity index (χ0n) is 13.4. The number of rotatable bonds is 4. The minimum atomic E-state index is -0.576. The predicted molar refractivity (Wildman–Crippen MR) is 97.2 cm³/mol. The van der Waals surface area contributed by atoms with Crippen molar-refractivity contribution in [3.05, 3.63) is 40.4 Å². The van der Waals surface area contributed by atoms with Crippen LogP contribution < -0.4 is 0 Å². The highest BCUT2D eigenvalue weighted by Crippen LogP contribution is 2.41. The summed E-state index contributed by atoms with van der Waals surface area (Å²) in [6.07, 6.45) is 3.42. The van der Waals surface area contributed by atoms with E-state index in [2.05, 4.69) is 30.4 Å². The van der Waals surface area contributed by atoms with E-state index in [1.807, 2.05) is 6.07 Å². The molecule has 8 nitrogen and oxygen atoms in total. The molecule has 0 aliphatic rings. The zero-order chi connectivity index (χ0) is 18.3. The first-order valence-electron chi connectivity index (χ1n) is 7.68. The number of nitrogens with one attached hydrogen (secondary N) is 3. The molecule has 0 spiro atoms. The maximum atomic E-state index is 11.9. The molecule has 3 N–H and O–H groups in total. The van der Waals surface area contributed by atoms with Gasteiger partial charge in [0.05, 0.1) is 34.1 Å². The number of hydrogen-bond donors (Lipinski definition) is 3. The molecule has 132 valence electrons. The Morgan fingerprint density at radius 2 is 2.15 bits per heavy atom. The van der Waals surface area contributed by atoms with E-state index < -0.39 is 5.97 Å². The van der Waals surface area contributed by atoms with Crippen LogP contribution in [0.5, 0.6) is 0 Å². The minimum Gasteiger partial charge on any atom is -0.460 e. The Morgan fingerprint density at radius 3 is 2.88 bits per heavy atom. The van der Waals surface area contributed by atoms with Crippen molar-refractivity contribution in [2.75, 3.05) is 6.61 Å². The summed E-state index contributed by atoms with van der Waals surface area (Å²) in [4.78, 5) is 19.3. The van der Waals surface area contributed by atoms with Gasteiger partial charge in [-0.3, -0.25) is 10.2 Å². The molecule has 0 aliphatic heterocycles. The first kappa shape index (κ1) is 16.6. The Morgan fingerprint density at radius 1 is 1.31 bits per heavy atom.